The predicted molar refractivity (Wildman–Crippen MR) is 77.6 cm³/mol. The lowest BCUT2D eigenvalue weighted by Crippen LogP contribution is -2.27. The van der Waals surface area contributed by atoms with E-state index in [1.165, 1.54) is 0 Å². The molecule has 1 aromatic rings. The van der Waals surface area contributed by atoms with Crippen molar-refractivity contribution in [2.75, 3.05) is 5.32 Å². The number of hydrogen-bond donors (Lipinski definition) is 1. The van der Waals surface area contributed by atoms with E-state index in [1.807, 2.05) is 32.9 Å². The van der Waals surface area contributed by atoms with Crippen molar-refractivity contribution in [3.63, 3.8) is 0 Å². The summed E-state index contributed by atoms with van der Waals surface area (Å²) >= 11 is 5.97. The van der Waals surface area contributed by atoms with Gasteiger partial charge in [-0.15, -0.1) is 0 Å². The Morgan fingerprint density at radius 1 is 1.37 bits per heavy atom. The van der Waals surface area contributed by atoms with E-state index in [9.17, 15) is 4.79 Å². The van der Waals surface area contributed by atoms with Gasteiger partial charge in [0.05, 0.1) is 11.4 Å². The molecule has 0 bridgehead atoms. The van der Waals surface area contributed by atoms with Gasteiger partial charge in [-0.05, 0) is 38.8 Å². The van der Waals surface area contributed by atoms with E-state index in [-0.39, 0.29) is 0 Å². The first-order valence-corrected chi connectivity index (χ1v) is 6.58. The van der Waals surface area contributed by atoms with E-state index in [0.717, 1.165) is 24.1 Å². The molecule has 0 radical (unpaired) electrons. The number of anilines is 1. The van der Waals surface area contributed by atoms with Crippen LogP contribution in [0.4, 0.5) is 16.2 Å². The molecule has 1 amide bonds. The predicted octanol–water partition coefficient (Wildman–Crippen LogP) is 4.25. The third-order valence-electron chi connectivity index (χ3n) is 2.59. The molecule has 1 aliphatic rings. The quantitative estimate of drug-likeness (QED) is 0.836. The van der Waals surface area contributed by atoms with Gasteiger partial charge in [-0.2, -0.15) is 0 Å². The van der Waals surface area contributed by atoms with Crippen LogP contribution in [0, 0.1) is 0 Å². The maximum absolute atomic E-state index is 11.8. The molecule has 1 N–H and O–H groups in total. The Bertz CT molecular complexity index is 533. The van der Waals surface area contributed by atoms with Gasteiger partial charge >= 0.3 is 6.09 Å². The number of fused-ring (bicyclic) bond motifs is 1. The van der Waals surface area contributed by atoms with Gasteiger partial charge in [-0.1, -0.05) is 23.7 Å². The van der Waals surface area contributed by atoms with Gasteiger partial charge in [-0.25, -0.2) is 9.79 Å². The van der Waals surface area contributed by atoms with Crippen LogP contribution in [0.25, 0.3) is 0 Å². The zero-order valence-corrected chi connectivity index (χ0v) is 12.0. The lowest BCUT2D eigenvalue weighted by molar-refractivity contribution is 0.0636. The topological polar surface area (TPSA) is 50.7 Å². The number of benzene rings is 1. The molecule has 2 rings (SSSR count). The second-order valence-electron chi connectivity index (χ2n) is 5.43. The Kier molecular flexibility index (Phi) is 3.80. The van der Waals surface area contributed by atoms with Crippen molar-refractivity contribution in [3.05, 3.63) is 23.8 Å². The molecule has 102 valence electrons. The molecule has 1 aromatic carbocycles. The van der Waals surface area contributed by atoms with Gasteiger partial charge in [0.1, 0.15) is 10.8 Å². The number of rotatable bonds is 1. The number of carbonyl (C=O) groups is 1. The molecule has 1 heterocycles. The van der Waals surface area contributed by atoms with Crippen LogP contribution >= 0.6 is 11.6 Å². The average molecular weight is 281 g/mol. The number of para-hydroxylation sites is 1. The summed E-state index contributed by atoms with van der Waals surface area (Å²) in [5.74, 6) is 0. The molecule has 0 unspecified atom stereocenters. The third kappa shape index (κ3) is 3.70. The first kappa shape index (κ1) is 13.9. The van der Waals surface area contributed by atoms with Gasteiger partial charge < -0.3 is 4.74 Å². The summed E-state index contributed by atoms with van der Waals surface area (Å²) in [5.41, 5.74) is 1.91. The number of aliphatic imine (C=N–C) groups is 1. The van der Waals surface area contributed by atoms with Crippen molar-refractivity contribution in [2.45, 2.75) is 39.2 Å². The number of amides is 1. The number of nitrogens with zero attached hydrogens (tertiary/aromatic N) is 1. The highest BCUT2D eigenvalue weighted by molar-refractivity contribution is 6.65. The standard InChI is InChI=1S/C14H17ClN2O2/c1-14(2,3)19-13(18)16-10-6-4-5-9-7-8-11(15)17-12(9)10/h4-6H,7-8H2,1-3H3,(H,16,18). The zero-order valence-electron chi connectivity index (χ0n) is 11.3. The summed E-state index contributed by atoms with van der Waals surface area (Å²) in [6.45, 7) is 5.46. The Morgan fingerprint density at radius 2 is 2.11 bits per heavy atom. The average Bonchev–Trinajstić information content (AvgIpc) is 2.27. The minimum Gasteiger partial charge on any atom is -0.444 e. The van der Waals surface area contributed by atoms with Gasteiger partial charge in [0.15, 0.2) is 0 Å². The van der Waals surface area contributed by atoms with Crippen molar-refractivity contribution in [2.24, 2.45) is 4.99 Å². The van der Waals surface area contributed by atoms with Gasteiger partial charge in [0.25, 0.3) is 0 Å². The molecule has 1 aliphatic heterocycles. The Hall–Kier alpha value is -1.55. The minimum atomic E-state index is -0.528. The molecule has 0 atom stereocenters. The first-order valence-electron chi connectivity index (χ1n) is 6.20. The highest BCUT2D eigenvalue weighted by Gasteiger charge is 2.19. The summed E-state index contributed by atoms with van der Waals surface area (Å²) < 4.78 is 5.23. The van der Waals surface area contributed by atoms with Crippen LogP contribution < -0.4 is 5.32 Å². The van der Waals surface area contributed by atoms with Gasteiger partial charge in [0, 0.05) is 6.42 Å². The largest absolute Gasteiger partial charge is 0.444 e. The lowest BCUT2D eigenvalue weighted by Gasteiger charge is -2.21. The molecular weight excluding hydrogens is 264 g/mol. The summed E-state index contributed by atoms with van der Waals surface area (Å²) in [6, 6.07) is 5.67. The molecule has 4 nitrogen and oxygen atoms in total. The van der Waals surface area contributed by atoms with E-state index in [0.29, 0.717) is 10.9 Å². The van der Waals surface area contributed by atoms with Crippen LogP contribution in [0.5, 0.6) is 0 Å². The van der Waals surface area contributed by atoms with Crippen LogP contribution in [0.2, 0.25) is 0 Å². The smallest absolute Gasteiger partial charge is 0.412 e. The Labute approximate surface area is 117 Å². The fourth-order valence-electron chi connectivity index (χ4n) is 1.85. The SMILES string of the molecule is CC(C)(C)OC(=O)Nc1cccc2c1N=C(Cl)CC2. The maximum Gasteiger partial charge on any atom is 0.412 e. The molecular formula is C14H17ClN2O2. The highest BCUT2D eigenvalue weighted by atomic mass is 35.5. The van der Waals surface area contributed by atoms with E-state index >= 15 is 0 Å². The van der Waals surface area contributed by atoms with E-state index in [4.69, 9.17) is 16.3 Å². The molecule has 0 fully saturated rings. The van der Waals surface area contributed by atoms with Crippen molar-refractivity contribution in [3.8, 4) is 0 Å². The molecule has 0 saturated heterocycles. The summed E-state index contributed by atoms with van der Waals surface area (Å²) in [7, 11) is 0. The number of halogens is 1. The van der Waals surface area contributed by atoms with Crippen LogP contribution in [-0.4, -0.2) is 16.9 Å². The lowest BCUT2D eigenvalue weighted by atomic mass is 10.0. The van der Waals surface area contributed by atoms with Gasteiger partial charge in [0.2, 0.25) is 0 Å². The summed E-state index contributed by atoms with van der Waals surface area (Å²) in [6.07, 6.45) is 1.09. The van der Waals surface area contributed by atoms with E-state index < -0.39 is 11.7 Å². The van der Waals surface area contributed by atoms with Crippen LogP contribution in [0.3, 0.4) is 0 Å². The van der Waals surface area contributed by atoms with Crippen molar-refractivity contribution >= 4 is 34.2 Å². The Morgan fingerprint density at radius 3 is 2.79 bits per heavy atom. The molecule has 0 aromatic heterocycles. The summed E-state index contributed by atoms with van der Waals surface area (Å²) in [5, 5.41) is 3.28. The molecule has 0 spiro atoms. The minimum absolute atomic E-state index is 0.488. The maximum atomic E-state index is 11.8. The van der Waals surface area contributed by atoms with Crippen molar-refractivity contribution in [1.82, 2.24) is 0 Å². The number of aryl methyl sites for hydroxylation is 1. The third-order valence-corrected chi connectivity index (χ3v) is 2.86. The second kappa shape index (κ2) is 5.21. The number of ether oxygens (including phenoxy) is 1. The molecule has 0 saturated carbocycles. The second-order valence-corrected chi connectivity index (χ2v) is 5.86. The van der Waals surface area contributed by atoms with Gasteiger partial charge in [-0.3, -0.25) is 5.32 Å². The molecule has 0 aliphatic carbocycles. The van der Waals surface area contributed by atoms with Crippen molar-refractivity contribution in [1.29, 1.82) is 0 Å². The summed E-state index contributed by atoms with van der Waals surface area (Å²) in [4.78, 5) is 16.1. The number of hydrogen-bond acceptors (Lipinski definition) is 3. The molecule has 5 heteroatoms. The fraction of sp³-hybridized carbons (Fsp3) is 0.429. The number of carbonyl (C=O) groups excluding carboxylic acids is 1. The zero-order chi connectivity index (χ0) is 14.0. The van der Waals surface area contributed by atoms with Crippen LogP contribution in [-0.2, 0) is 11.2 Å². The van der Waals surface area contributed by atoms with E-state index in [2.05, 4.69) is 10.3 Å². The highest BCUT2D eigenvalue weighted by Crippen LogP contribution is 2.34. The normalized spacial score (nSPS) is 14.4. The van der Waals surface area contributed by atoms with Crippen molar-refractivity contribution < 1.29 is 9.53 Å². The van der Waals surface area contributed by atoms with Crippen LogP contribution in [0.1, 0.15) is 32.8 Å². The fourth-order valence-corrected chi connectivity index (χ4v) is 2.03. The first-order chi connectivity index (χ1) is 8.85. The van der Waals surface area contributed by atoms with Crippen LogP contribution in [0.15, 0.2) is 23.2 Å². The Balaban J connectivity index is 2.21. The molecule has 19 heavy (non-hydrogen) atoms. The number of nitrogens with one attached hydrogen (secondary N) is 1. The monoisotopic (exact) mass is 280 g/mol. The van der Waals surface area contributed by atoms with E-state index in [1.54, 1.807) is 6.07 Å².